The number of aromatic nitrogens is 1. The Balaban J connectivity index is 1.52. The molecule has 0 radical (unpaired) electrons. The normalized spacial score (nSPS) is 10.7. The van der Waals surface area contributed by atoms with Crippen LogP contribution in [0.25, 0.3) is 0 Å². The zero-order valence-corrected chi connectivity index (χ0v) is 17.3. The molecular formula is C21H15Cl2FN4O3. The highest BCUT2D eigenvalue weighted by Crippen LogP contribution is 2.25. The average molecular weight is 461 g/mol. The molecule has 0 atom stereocenters. The fraction of sp³-hybridized carbons (Fsp3) is 0.0476. The van der Waals surface area contributed by atoms with Crippen molar-refractivity contribution in [1.82, 2.24) is 10.4 Å². The lowest BCUT2D eigenvalue weighted by molar-refractivity contribution is -0.118. The summed E-state index contributed by atoms with van der Waals surface area (Å²) in [5.74, 6) is -1.04. The van der Waals surface area contributed by atoms with Crippen LogP contribution < -0.4 is 15.5 Å². The fourth-order valence-corrected chi connectivity index (χ4v) is 2.82. The third-order valence-electron chi connectivity index (χ3n) is 3.83. The number of ether oxygens (including phenoxy) is 1. The molecule has 31 heavy (non-hydrogen) atoms. The zero-order valence-electron chi connectivity index (χ0n) is 15.8. The van der Waals surface area contributed by atoms with Crippen LogP contribution in [-0.4, -0.2) is 29.6 Å². The van der Waals surface area contributed by atoms with E-state index in [-0.39, 0.29) is 22.3 Å². The number of anilines is 1. The van der Waals surface area contributed by atoms with E-state index < -0.39 is 17.6 Å². The lowest BCUT2D eigenvalue weighted by Crippen LogP contribution is -2.20. The number of nitrogens with zero attached hydrogens (tertiary/aromatic N) is 2. The van der Waals surface area contributed by atoms with Crippen LogP contribution in [0.5, 0.6) is 5.75 Å². The van der Waals surface area contributed by atoms with Gasteiger partial charge in [-0.2, -0.15) is 5.10 Å². The van der Waals surface area contributed by atoms with Crippen LogP contribution in [0.1, 0.15) is 15.9 Å². The topological polar surface area (TPSA) is 92.7 Å². The molecule has 2 amide bonds. The molecule has 2 N–H and O–H groups in total. The molecule has 0 aliphatic carbocycles. The molecule has 0 saturated carbocycles. The minimum absolute atomic E-state index is 0.0724. The first-order chi connectivity index (χ1) is 14.9. The summed E-state index contributed by atoms with van der Waals surface area (Å²) >= 11 is 12.0. The first-order valence-corrected chi connectivity index (χ1v) is 9.59. The summed E-state index contributed by atoms with van der Waals surface area (Å²) in [5.41, 5.74) is 3.58. The van der Waals surface area contributed by atoms with Gasteiger partial charge in [0, 0.05) is 11.9 Å². The number of pyridine rings is 1. The number of hydrazone groups is 1. The zero-order chi connectivity index (χ0) is 22.2. The van der Waals surface area contributed by atoms with Crippen molar-refractivity contribution >= 4 is 46.9 Å². The first-order valence-electron chi connectivity index (χ1n) is 8.84. The number of carbonyl (C=O) groups is 2. The third kappa shape index (κ3) is 6.50. The van der Waals surface area contributed by atoms with Gasteiger partial charge >= 0.3 is 0 Å². The van der Waals surface area contributed by atoms with Crippen molar-refractivity contribution in [2.24, 2.45) is 5.10 Å². The summed E-state index contributed by atoms with van der Waals surface area (Å²) in [6, 6.07) is 13.2. The minimum atomic E-state index is -0.507. The predicted octanol–water partition coefficient (Wildman–Crippen LogP) is 4.31. The highest BCUT2D eigenvalue weighted by atomic mass is 35.5. The Morgan fingerprint density at radius 3 is 2.61 bits per heavy atom. The van der Waals surface area contributed by atoms with E-state index in [4.69, 9.17) is 27.9 Å². The van der Waals surface area contributed by atoms with E-state index in [2.05, 4.69) is 20.8 Å². The van der Waals surface area contributed by atoms with Crippen molar-refractivity contribution in [1.29, 1.82) is 0 Å². The minimum Gasteiger partial charge on any atom is -0.482 e. The largest absolute Gasteiger partial charge is 0.482 e. The second-order valence-electron chi connectivity index (χ2n) is 6.07. The number of benzene rings is 2. The van der Waals surface area contributed by atoms with Crippen molar-refractivity contribution in [2.45, 2.75) is 0 Å². The van der Waals surface area contributed by atoms with Gasteiger partial charge in [0.1, 0.15) is 16.7 Å². The summed E-state index contributed by atoms with van der Waals surface area (Å²) in [4.78, 5) is 27.8. The highest BCUT2D eigenvalue weighted by molar-refractivity contribution is 6.32. The number of halogens is 3. The average Bonchev–Trinajstić information content (AvgIpc) is 2.75. The van der Waals surface area contributed by atoms with Gasteiger partial charge in [-0.15, -0.1) is 0 Å². The van der Waals surface area contributed by atoms with Gasteiger partial charge in [0.05, 0.1) is 16.8 Å². The summed E-state index contributed by atoms with van der Waals surface area (Å²) in [6.07, 6.45) is 2.86. The molecule has 2 aromatic carbocycles. The van der Waals surface area contributed by atoms with Crippen molar-refractivity contribution in [3.05, 3.63) is 87.9 Å². The number of nitrogens with one attached hydrogen (secondary N) is 2. The van der Waals surface area contributed by atoms with Gasteiger partial charge in [-0.05, 0) is 60.2 Å². The van der Waals surface area contributed by atoms with E-state index in [1.165, 1.54) is 42.7 Å². The van der Waals surface area contributed by atoms with Gasteiger partial charge in [0.2, 0.25) is 0 Å². The summed E-state index contributed by atoms with van der Waals surface area (Å²) < 4.78 is 18.3. The molecule has 0 aliphatic rings. The number of hydrogen-bond donors (Lipinski definition) is 2. The Kier molecular flexibility index (Phi) is 7.53. The van der Waals surface area contributed by atoms with E-state index >= 15 is 0 Å². The molecule has 0 aliphatic heterocycles. The smallest absolute Gasteiger partial charge is 0.274 e. The molecule has 3 aromatic rings. The van der Waals surface area contributed by atoms with E-state index in [0.717, 1.165) is 0 Å². The van der Waals surface area contributed by atoms with E-state index in [0.29, 0.717) is 17.0 Å². The second-order valence-corrected chi connectivity index (χ2v) is 6.84. The van der Waals surface area contributed by atoms with Crippen molar-refractivity contribution in [3.8, 4) is 5.75 Å². The summed E-state index contributed by atoms with van der Waals surface area (Å²) in [7, 11) is 0. The molecule has 7 nitrogen and oxygen atoms in total. The Bertz CT molecular complexity index is 1120. The quantitative estimate of drug-likeness (QED) is 0.312. The van der Waals surface area contributed by atoms with Gasteiger partial charge < -0.3 is 10.1 Å². The van der Waals surface area contributed by atoms with E-state index in [1.807, 2.05) is 0 Å². The number of rotatable bonds is 7. The standard InChI is InChI=1S/C21H15Cl2FN4O3/c22-17-10-13(11-26-28-21(30)16-2-1-9-25-20(16)23)3-8-18(17)31-12-19(29)27-15-6-4-14(24)5-7-15/h1-11H,12H2,(H,27,29)(H,28,30). The van der Waals surface area contributed by atoms with Crippen molar-refractivity contribution in [2.75, 3.05) is 11.9 Å². The molecule has 0 saturated heterocycles. The second kappa shape index (κ2) is 10.5. The molecule has 0 unspecified atom stereocenters. The number of amides is 2. The SMILES string of the molecule is O=C(COc1ccc(C=NNC(=O)c2cccnc2Cl)cc1Cl)Nc1ccc(F)cc1. The Morgan fingerprint density at radius 2 is 1.90 bits per heavy atom. The highest BCUT2D eigenvalue weighted by Gasteiger charge is 2.10. The first kappa shape index (κ1) is 22.2. The molecule has 0 bridgehead atoms. The van der Waals surface area contributed by atoms with Crippen LogP contribution >= 0.6 is 23.2 Å². The van der Waals surface area contributed by atoms with Crippen LogP contribution in [0.4, 0.5) is 10.1 Å². The molecule has 0 fully saturated rings. The van der Waals surface area contributed by atoms with Crippen LogP contribution in [0.15, 0.2) is 65.9 Å². The van der Waals surface area contributed by atoms with E-state index in [1.54, 1.807) is 24.3 Å². The fourth-order valence-electron chi connectivity index (χ4n) is 2.37. The Morgan fingerprint density at radius 1 is 1.13 bits per heavy atom. The predicted molar refractivity (Wildman–Crippen MR) is 116 cm³/mol. The van der Waals surface area contributed by atoms with Gasteiger partial charge in [-0.1, -0.05) is 23.2 Å². The summed E-state index contributed by atoms with van der Waals surface area (Å²) in [6.45, 7) is -0.285. The lowest BCUT2D eigenvalue weighted by Gasteiger charge is -2.09. The van der Waals surface area contributed by atoms with Crippen LogP contribution in [0, 0.1) is 5.82 Å². The Labute approximate surface area is 186 Å². The lowest BCUT2D eigenvalue weighted by atomic mass is 10.2. The van der Waals surface area contributed by atoms with E-state index in [9.17, 15) is 14.0 Å². The maximum Gasteiger partial charge on any atom is 0.274 e. The van der Waals surface area contributed by atoms with Gasteiger partial charge in [-0.25, -0.2) is 14.8 Å². The maximum absolute atomic E-state index is 12.9. The third-order valence-corrected chi connectivity index (χ3v) is 4.42. The van der Waals surface area contributed by atoms with Gasteiger partial charge in [0.25, 0.3) is 11.8 Å². The molecule has 3 rings (SSSR count). The molecule has 1 aromatic heterocycles. The van der Waals surface area contributed by atoms with Crippen LogP contribution in [0.3, 0.4) is 0 Å². The molecule has 0 spiro atoms. The van der Waals surface area contributed by atoms with Crippen molar-refractivity contribution < 1.29 is 18.7 Å². The van der Waals surface area contributed by atoms with Crippen molar-refractivity contribution in [3.63, 3.8) is 0 Å². The van der Waals surface area contributed by atoms with Gasteiger partial charge in [-0.3, -0.25) is 9.59 Å². The summed E-state index contributed by atoms with van der Waals surface area (Å²) in [5, 5.41) is 6.76. The number of carbonyl (C=O) groups excluding carboxylic acids is 2. The molecule has 158 valence electrons. The maximum atomic E-state index is 12.9. The molecular weight excluding hydrogens is 446 g/mol. The monoisotopic (exact) mass is 460 g/mol. The molecule has 10 heteroatoms. The van der Waals surface area contributed by atoms with Gasteiger partial charge in [0.15, 0.2) is 6.61 Å². The van der Waals surface area contributed by atoms with Crippen LogP contribution in [0.2, 0.25) is 10.2 Å². The Hall–Kier alpha value is -3.49. The number of hydrogen-bond acceptors (Lipinski definition) is 5. The molecule has 1 heterocycles. The van der Waals surface area contributed by atoms with Crippen LogP contribution in [-0.2, 0) is 4.79 Å².